The number of ether oxygens (including phenoxy) is 2. The number of halogens is 1. The maximum Gasteiger partial charge on any atom is 0.262 e. The molecule has 31 heavy (non-hydrogen) atoms. The van der Waals surface area contributed by atoms with E-state index < -0.39 is 12.0 Å². The number of aromatic amines is 1. The number of carbonyl (C=O) groups excluding carboxylic acids is 1. The fourth-order valence-corrected chi connectivity index (χ4v) is 4.84. The van der Waals surface area contributed by atoms with Gasteiger partial charge in [0.25, 0.3) is 5.91 Å². The van der Waals surface area contributed by atoms with E-state index in [2.05, 4.69) is 28.2 Å². The van der Waals surface area contributed by atoms with Crippen LogP contribution in [-0.4, -0.2) is 36.7 Å². The number of nitrogens with two attached hydrogens (primary N) is 1. The zero-order chi connectivity index (χ0) is 21.4. The molecule has 2 aliphatic rings. The number of nitrogens with one attached hydrogen (secondary N) is 1. The number of aryl methyl sites for hydroxylation is 1. The average molecular weight is 440 g/mol. The number of hydrogen-bond donors (Lipinski definition) is 2. The Bertz CT molecular complexity index is 1100. The molecule has 1 fully saturated rings. The lowest BCUT2D eigenvalue weighted by Crippen LogP contribution is -2.41. The summed E-state index contributed by atoms with van der Waals surface area (Å²) in [4.78, 5) is 17.1. The van der Waals surface area contributed by atoms with Gasteiger partial charge in [0.1, 0.15) is 6.61 Å². The van der Waals surface area contributed by atoms with Gasteiger partial charge in [-0.25, -0.2) is 0 Å². The quantitative estimate of drug-likeness (QED) is 0.621. The van der Waals surface area contributed by atoms with E-state index in [0.717, 1.165) is 54.3 Å². The van der Waals surface area contributed by atoms with Crippen LogP contribution in [0.25, 0.3) is 10.9 Å². The van der Waals surface area contributed by atoms with Crippen LogP contribution in [0.4, 0.5) is 5.69 Å². The van der Waals surface area contributed by atoms with E-state index in [-0.39, 0.29) is 6.61 Å². The van der Waals surface area contributed by atoms with E-state index in [9.17, 15) is 4.79 Å². The van der Waals surface area contributed by atoms with Gasteiger partial charge in [0.05, 0.1) is 5.69 Å². The predicted molar refractivity (Wildman–Crippen MR) is 122 cm³/mol. The first kappa shape index (κ1) is 20.1. The molecule has 3 aromatic rings. The van der Waals surface area contributed by atoms with Crippen molar-refractivity contribution in [2.75, 3.05) is 24.6 Å². The van der Waals surface area contributed by atoms with E-state index in [4.69, 9.17) is 26.8 Å². The summed E-state index contributed by atoms with van der Waals surface area (Å²) >= 11 is 6.09. The SMILES string of the molecule is NC(=O)C1COc2c(cccc2N2CCC(CCc3c[nH]c4cc(Cl)ccc34)CC2)O1. The molecule has 7 heteroatoms. The molecule has 2 aliphatic heterocycles. The number of carbonyl (C=O) groups is 1. The van der Waals surface area contributed by atoms with Crippen molar-refractivity contribution in [2.24, 2.45) is 11.7 Å². The van der Waals surface area contributed by atoms with Crippen molar-refractivity contribution in [2.45, 2.75) is 31.8 Å². The highest BCUT2D eigenvalue weighted by Crippen LogP contribution is 2.42. The van der Waals surface area contributed by atoms with Gasteiger partial charge in [-0.3, -0.25) is 4.79 Å². The van der Waals surface area contributed by atoms with Crippen molar-refractivity contribution < 1.29 is 14.3 Å². The Hall–Kier alpha value is -2.86. The Balaban J connectivity index is 1.20. The van der Waals surface area contributed by atoms with Crippen molar-refractivity contribution in [3.8, 4) is 11.5 Å². The van der Waals surface area contributed by atoms with Crippen LogP contribution in [0, 0.1) is 5.92 Å². The summed E-state index contributed by atoms with van der Waals surface area (Å²) in [6.45, 7) is 2.12. The summed E-state index contributed by atoms with van der Waals surface area (Å²) in [5, 5.41) is 2.03. The minimum absolute atomic E-state index is 0.158. The number of fused-ring (bicyclic) bond motifs is 2. The van der Waals surface area contributed by atoms with E-state index in [1.807, 2.05) is 24.3 Å². The van der Waals surface area contributed by atoms with Crippen molar-refractivity contribution in [1.29, 1.82) is 0 Å². The molecule has 1 amide bonds. The Morgan fingerprint density at radius 2 is 2.06 bits per heavy atom. The number of piperidine rings is 1. The highest BCUT2D eigenvalue weighted by molar-refractivity contribution is 6.31. The number of para-hydroxylation sites is 1. The summed E-state index contributed by atoms with van der Waals surface area (Å²) in [7, 11) is 0. The Labute approximate surface area is 186 Å². The first-order chi connectivity index (χ1) is 15.1. The second-order valence-corrected chi connectivity index (χ2v) is 8.83. The lowest BCUT2D eigenvalue weighted by molar-refractivity contribution is -0.126. The van der Waals surface area contributed by atoms with Crippen molar-refractivity contribution in [3.05, 3.63) is 53.2 Å². The second kappa shape index (κ2) is 8.35. The third-order valence-electron chi connectivity index (χ3n) is 6.43. The van der Waals surface area contributed by atoms with Crippen LogP contribution in [0.15, 0.2) is 42.6 Å². The fourth-order valence-electron chi connectivity index (χ4n) is 4.67. The molecular weight excluding hydrogens is 414 g/mol. The van der Waals surface area contributed by atoms with Crippen LogP contribution < -0.4 is 20.1 Å². The molecule has 0 radical (unpaired) electrons. The number of primary amides is 1. The number of amides is 1. The van der Waals surface area contributed by atoms with Gasteiger partial charge in [0.15, 0.2) is 11.5 Å². The van der Waals surface area contributed by atoms with Crippen molar-refractivity contribution in [1.82, 2.24) is 4.98 Å². The number of aromatic nitrogens is 1. The highest BCUT2D eigenvalue weighted by atomic mass is 35.5. The summed E-state index contributed by atoms with van der Waals surface area (Å²) < 4.78 is 11.6. The van der Waals surface area contributed by atoms with Gasteiger partial charge in [-0.2, -0.15) is 0 Å². The third kappa shape index (κ3) is 4.04. The lowest BCUT2D eigenvalue weighted by atomic mass is 9.90. The monoisotopic (exact) mass is 439 g/mol. The fraction of sp³-hybridized carbons (Fsp3) is 0.375. The minimum Gasteiger partial charge on any atom is -0.483 e. The number of rotatable bonds is 5. The van der Waals surface area contributed by atoms with Gasteiger partial charge < -0.3 is 25.1 Å². The number of hydrogen-bond acceptors (Lipinski definition) is 4. The van der Waals surface area contributed by atoms with E-state index in [1.54, 1.807) is 0 Å². The Kier molecular flexibility index (Phi) is 5.40. The molecule has 1 saturated heterocycles. The van der Waals surface area contributed by atoms with E-state index in [1.165, 1.54) is 17.4 Å². The predicted octanol–water partition coefficient (Wildman–Crippen LogP) is 4.30. The molecule has 162 valence electrons. The summed E-state index contributed by atoms with van der Waals surface area (Å²) in [6.07, 6.45) is 5.91. The molecule has 3 N–H and O–H groups in total. The van der Waals surface area contributed by atoms with Gasteiger partial charge in [-0.05, 0) is 61.4 Å². The van der Waals surface area contributed by atoms with Gasteiger partial charge in [0, 0.05) is 35.2 Å². The number of benzene rings is 2. The van der Waals surface area contributed by atoms with Crippen LogP contribution in [0.2, 0.25) is 5.02 Å². The Morgan fingerprint density at radius 3 is 2.87 bits per heavy atom. The van der Waals surface area contributed by atoms with Crippen LogP contribution in [0.5, 0.6) is 11.5 Å². The average Bonchev–Trinajstić information content (AvgIpc) is 3.19. The van der Waals surface area contributed by atoms with Crippen molar-refractivity contribution >= 4 is 34.1 Å². The zero-order valence-electron chi connectivity index (χ0n) is 17.3. The zero-order valence-corrected chi connectivity index (χ0v) is 18.0. The van der Waals surface area contributed by atoms with Crippen LogP contribution in [0.1, 0.15) is 24.8 Å². The standard InChI is InChI=1S/C24H26ClN3O3/c25-17-6-7-18-16(13-27-19(18)12-17)5-4-15-8-10-28(11-9-15)20-2-1-3-21-23(20)30-14-22(31-21)24(26)29/h1-3,6-7,12-13,15,22,27H,4-5,8-11,14H2,(H2,26,29). The molecule has 0 saturated carbocycles. The maximum atomic E-state index is 11.4. The summed E-state index contributed by atoms with van der Waals surface area (Å²) in [6, 6.07) is 11.9. The molecular formula is C24H26ClN3O3. The number of anilines is 1. The van der Waals surface area contributed by atoms with Crippen LogP contribution >= 0.6 is 11.6 Å². The highest BCUT2D eigenvalue weighted by Gasteiger charge is 2.29. The lowest BCUT2D eigenvalue weighted by Gasteiger charge is -2.36. The van der Waals surface area contributed by atoms with Gasteiger partial charge in [-0.1, -0.05) is 23.7 Å². The second-order valence-electron chi connectivity index (χ2n) is 8.40. The first-order valence-corrected chi connectivity index (χ1v) is 11.2. The van der Waals surface area contributed by atoms with Crippen LogP contribution in [0.3, 0.4) is 0 Å². The van der Waals surface area contributed by atoms with Crippen LogP contribution in [-0.2, 0) is 11.2 Å². The molecule has 1 unspecified atom stereocenters. The van der Waals surface area contributed by atoms with Gasteiger partial charge >= 0.3 is 0 Å². The number of nitrogens with zero attached hydrogens (tertiary/aromatic N) is 1. The maximum absolute atomic E-state index is 11.4. The largest absolute Gasteiger partial charge is 0.483 e. The van der Waals surface area contributed by atoms with Crippen molar-refractivity contribution in [3.63, 3.8) is 0 Å². The summed E-state index contributed by atoms with van der Waals surface area (Å²) in [5.41, 5.74) is 8.86. The molecule has 0 bridgehead atoms. The molecule has 5 rings (SSSR count). The third-order valence-corrected chi connectivity index (χ3v) is 6.67. The Morgan fingerprint density at radius 1 is 1.23 bits per heavy atom. The molecule has 0 spiro atoms. The minimum atomic E-state index is -0.728. The topological polar surface area (TPSA) is 80.6 Å². The van der Waals surface area contributed by atoms with Gasteiger partial charge in [0.2, 0.25) is 6.10 Å². The molecule has 6 nitrogen and oxygen atoms in total. The smallest absolute Gasteiger partial charge is 0.262 e. The van der Waals surface area contributed by atoms with E-state index in [0.29, 0.717) is 11.7 Å². The summed E-state index contributed by atoms with van der Waals surface area (Å²) in [5.74, 6) is 1.50. The normalized spacial score (nSPS) is 19.0. The molecule has 1 aromatic heterocycles. The van der Waals surface area contributed by atoms with E-state index >= 15 is 0 Å². The van der Waals surface area contributed by atoms with Gasteiger partial charge in [-0.15, -0.1) is 0 Å². The molecule has 1 atom stereocenters. The number of H-pyrrole nitrogens is 1. The molecule has 2 aromatic carbocycles. The first-order valence-electron chi connectivity index (χ1n) is 10.8. The molecule has 0 aliphatic carbocycles. The molecule has 3 heterocycles.